The van der Waals surface area contributed by atoms with Crippen LogP contribution in [0.2, 0.25) is 0 Å². The number of carbonyl (C=O) groups excluding carboxylic acids is 1. The van der Waals surface area contributed by atoms with Gasteiger partial charge in [0.15, 0.2) is 0 Å². The molecule has 0 spiro atoms. The predicted octanol–water partition coefficient (Wildman–Crippen LogP) is 2.02. The minimum absolute atomic E-state index is 0.0389. The van der Waals surface area contributed by atoms with E-state index in [-0.39, 0.29) is 12.3 Å². The van der Waals surface area contributed by atoms with Crippen molar-refractivity contribution in [3.8, 4) is 0 Å². The summed E-state index contributed by atoms with van der Waals surface area (Å²) in [5.74, 6) is -4.65. The van der Waals surface area contributed by atoms with Crippen LogP contribution in [0.15, 0.2) is 0 Å². The molecule has 0 saturated heterocycles. The van der Waals surface area contributed by atoms with Crippen molar-refractivity contribution in [3.63, 3.8) is 0 Å². The number of amides is 1. The molecule has 0 saturated carbocycles. The monoisotopic (exact) mass is 235 g/mol. The van der Waals surface area contributed by atoms with Crippen molar-refractivity contribution in [3.05, 3.63) is 0 Å². The van der Waals surface area contributed by atoms with Gasteiger partial charge in [-0.1, -0.05) is 0 Å². The topological polar surface area (TPSA) is 29.1 Å². The molecule has 0 rings (SSSR count). The van der Waals surface area contributed by atoms with Gasteiger partial charge in [-0.05, 0) is 6.42 Å². The number of nitrogens with one attached hydrogen (secondary N) is 1. The van der Waals surface area contributed by atoms with Crippen molar-refractivity contribution >= 4 is 17.5 Å². The highest BCUT2D eigenvalue weighted by Gasteiger charge is 2.40. The average Bonchev–Trinajstić information content (AvgIpc) is 2.11. The Morgan fingerprint density at radius 3 is 2.43 bits per heavy atom. The molecule has 0 aromatic heterocycles. The highest BCUT2D eigenvalue weighted by atomic mass is 35.5. The molecule has 0 radical (unpaired) electrons. The van der Waals surface area contributed by atoms with Gasteiger partial charge in [0.1, 0.15) is 0 Å². The van der Waals surface area contributed by atoms with Crippen LogP contribution in [-0.2, 0) is 4.79 Å². The van der Waals surface area contributed by atoms with Crippen molar-refractivity contribution in [1.82, 2.24) is 5.32 Å². The van der Waals surface area contributed by atoms with Crippen molar-refractivity contribution < 1.29 is 22.4 Å². The fourth-order valence-electron chi connectivity index (χ4n) is 0.609. The lowest BCUT2D eigenvalue weighted by Gasteiger charge is -2.15. The third kappa shape index (κ3) is 5.26. The van der Waals surface area contributed by atoms with Gasteiger partial charge in [-0.25, -0.2) is 8.78 Å². The molecule has 0 aliphatic rings. The number of alkyl halides is 5. The summed E-state index contributed by atoms with van der Waals surface area (Å²) in [6, 6.07) is 0. The molecule has 0 unspecified atom stereocenters. The second-order valence-electron chi connectivity index (χ2n) is 2.63. The lowest BCUT2D eigenvalue weighted by atomic mass is 10.3. The van der Waals surface area contributed by atoms with E-state index in [1.54, 1.807) is 5.32 Å². The molecule has 1 N–H and O–H groups in total. The van der Waals surface area contributed by atoms with Gasteiger partial charge in [0.25, 0.3) is 0 Å². The van der Waals surface area contributed by atoms with Gasteiger partial charge in [-0.3, -0.25) is 4.79 Å². The van der Waals surface area contributed by atoms with Crippen LogP contribution in [0.25, 0.3) is 0 Å². The lowest BCUT2D eigenvalue weighted by Crippen LogP contribution is -2.41. The number of carbonyl (C=O) groups is 1. The molecule has 14 heavy (non-hydrogen) atoms. The molecule has 0 aromatic rings. The first-order valence-electron chi connectivity index (χ1n) is 3.89. The van der Waals surface area contributed by atoms with Gasteiger partial charge in [-0.15, -0.1) is 11.6 Å². The lowest BCUT2D eigenvalue weighted by molar-refractivity contribution is -0.136. The summed E-state index contributed by atoms with van der Waals surface area (Å²) in [6.45, 7) is -1.34. The van der Waals surface area contributed by atoms with E-state index in [2.05, 4.69) is 0 Å². The fourth-order valence-corrected chi connectivity index (χ4v) is 0.743. The Hall–Kier alpha value is -0.520. The third-order valence-corrected chi connectivity index (χ3v) is 1.65. The summed E-state index contributed by atoms with van der Waals surface area (Å²) in [5, 5.41) is 1.71. The summed E-state index contributed by atoms with van der Waals surface area (Å²) < 4.78 is 47.7. The standard InChI is InChI=1S/C7H10ClF4NO/c8-3-1-2-5(14)13-4-7(11,12)6(9)10/h6H,1-4H2,(H,13,14). The molecular formula is C7H10ClF4NO. The van der Waals surface area contributed by atoms with Crippen LogP contribution < -0.4 is 5.32 Å². The Kier molecular flexibility index (Phi) is 5.83. The highest BCUT2D eigenvalue weighted by molar-refractivity contribution is 6.17. The second-order valence-corrected chi connectivity index (χ2v) is 3.01. The van der Waals surface area contributed by atoms with Gasteiger partial charge < -0.3 is 5.32 Å². The van der Waals surface area contributed by atoms with E-state index in [4.69, 9.17) is 11.6 Å². The number of rotatable bonds is 6. The molecule has 0 aliphatic carbocycles. The summed E-state index contributed by atoms with van der Waals surface area (Å²) in [6.07, 6.45) is -3.48. The Bertz CT molecular complexity index is 189. The van der Waals surface area contributed by atoms with E-state index in [9.17, 15) is 22.4 Å². The zero-order valence-corrected chi connectivity index (χ0v) is 7.96. The van der Waals surface area contributed by atoms with Crippen molar-refractivity contribution in [2.24, 2.45) is 0 Å². The van der Waals surface area contributed by atoms with Gasteiger partial charge in [0, 0.05) is 12.3 Å². The minimum atomic E-state index is -4.17. The van der Waals surface area contributed by atoms with E-state index < -0.39 is 24.8 Å². The molecule has 0 atom stereocenters. The maximum atomic E-state index is 12.2. The average molecular weight is 236 g/mol. The first-order chi connectivity index (χ1) is 6.40. The molecular weight excluding hydrogens is 226 g/mol. The SMILES string of the molecule is O=C(CCCCl)NCC(F)(F)C(F)F. The smallest absolute Gasteiger partial charge is 0.324 e. The normalized spacial score (nSPS) is 11.9. The quantitative estimate of drug-likeness (QED) is 0.554. The Morgan fingerprint density at radius 1 is 1.43 bits per heavy atom. The largest absolute Gasteiger partial charge is 0.350 e. The maximum absolute atomic E-state index is 12.2. The van der Waals surface area contributed by atoms with E-state index in [1.807, 2.05) is 0 Å². The van der Waals surface area contributed by atoms with Crippen LogP contribution in [0.1, 0.15) is 12.8 Å². The molecule has 84 valence electrons. The molecule has 0 bridgehead atoms. The fraction of sp³-hybridized carbons (Fsp3) is 0.857. The predicted molar refractivity (Wildman–Crippen MR) is 43.9 cm³/mol. The third-order valence-electron chi connectivity index (χ3n) is 1.38. The van der Waals surface area contributed by atoms with E-state index in [1.165, 1.54) is 0 Å². The Labute approximate surface area is 83.6 Å². The summed E-state index contributed by atoms with van der Waals surface area (Å²) in [4.78, 5) is 10.7. The van der Waals surface area contributed by atoms with Crippen LogP contribution in [0.4, 0.5) is 17.6 Å². The summed E-state index contributed by atoms with van der Waals surface area (Å²) >= 11 is 5.24. The molecule has 0 aromatic carbocycles. The van der Waals surface area contributed by atoms with E-state index in [0.29, 0.717) is 6.42 Å². The van der Waals surface area contributed by atoms with Crippen LogP contribution in [0.3, 0.4) is 0 Å². The van der Waals surface area contributed by atoms with Crippen molar-refractivity contribution in [2.45, 2.75) is 25.2 Å². The zero-order chi connectivity index (χ0) is 11.2. The summed E-state index contributed by atoms with van der Waals surface area (Å²) in [5.41, 5.74) is 0. The van der Waals surface area contributed by atoms with E-state index in [0.717, 1.165) is 0 Å². The van der Waals surface area contributed by atoms with Crippen LogP contribution in [-0.4, -0.2) is 30.7 Å². The van der Waals surface area contributed by atoms with Crippen LogP contribution >= 0.6 is 11.6 Å². The van der Waals surface area contributed by atoms with E-state index >= 15 is 0 Å². The van der Waals surface area contributed by atoms with Crippen LogP contribution in [0.5, 0.6) is 0 Å². The van der Waals surface area contributed by atoms with Gasteiger partial charge in [0.2, 0.25) is 5.91 Å². The minimum Gasteiger partial charge on any atom is -0.350 e. The zero-order valence-electron chi connectivity index (χ0n) is 7.20. The van der Waals surface area contributed by atoms with Gasteiger partial charge >= 0.3 is 12.3 Å². The molecule has 0 aliphatic heterocycles. The first-order valence-corrected chi connectivity index (χ1v) is 4.42. The Morgan fingerprint density at radius 2 is 2.00 bits per heavy atom. The molecule has 2 nitrogen and oxygen atoms in total. The highest BCUT2D eigenvalue weighted by Crippen LogP contribution is 2.21. The number of hydrogen-bond acceptors (Lipinski definition) is 1. The van der Waals surface area contributed by atoms with Crippen molar-refractivity contribution in [2.75, 3.05) is 12.4 Å². The maximum Gasteiger partial charge on any atom is 0.324 e. The second kappa shape index (κ2) is 6.06. The molecule has 0 fully saturated rings. The van der Waals surface area contributed by atoms with Gasteiger partial charge in [0.05, 0.1) is 6.54 Å². The first kappa shape index (κ1) is 13.5. The molecule has 7 heteroatoms. The Balaban J connectivity index is 3.76. The molecule has 0 heterocycles. The molecule has 1 amide bonds. The van der Waals surface area contributed by atoms with Gasteiger partial charge in [-0.2, -0.15) is 8.78 Å². The van der Waals surface area contributed by atoms with Crippen molar-refractivity contribution in [1.29, 1.82) is 0 Å². The number of halogens is 5. The van der Waals surface area contributed by atoms with Crippen LogP contribution in [0, 0.1) is 0 Å². The summed E-state index contributed by atoms with van der Waals surface area (Å²) in [7, 11) is 0. The number of hydrogen-bond donors (Lipinski definition) is 1.